The standard InChI is InChI=1S/C24H27FN4O6/c1-5-10-28-17(12-15-20(28)26(2)24(33)27(3)21(15)30)22(31)29-13-14(11-18(29)23(32)34-4)35-19-9-7-6-8-16(19)25/h6-9,12,14,18H,5,10-11,13H2,1-4H3. The zero-order chi connectivity index (χ0) is 25.4. The van der Waals surface area contributed by atoms with Crippen LogP contribution < -0.4 is 16.0 Å². The molecule has 1 aromatic carbocycles. The third kappa shape index (κ3) is 4.11. The predicted molar refractivity (Wildman–Crippen MR) is 125 cm³/mol. The lowest BCUT2D eigenvalue weighted by Gasteiger charge is -2.23. The molecule has 0 saturated carbocycles. The van der Waals surface area contributed by atoms with Gasteiger partial charge in [-0.25, -0.2) is 14.0 Å². The fraction of sp³-hybridized carbons (Fsp3) is 0.417. The molecule has 1 aliphatic heterocycles. The maximum atomic E-state index is 14.1. The summed E-state index contributed by atoms with van der Waals surface area (Å²) < 4.78 is 28.7. The quantitative estimate of drug-likeness (QED) is 0.488. The van der Waals surface area contributed by atoms with Crippen molar-refractivity contribution >= 4 is 22.9 Å². The van der Waals surface area contributed by atoms with Gasteiger partial charge in [-0.05, 0) is 24.6 Å². The second-order valence-corrected chi connectivity index (χ2v) is 8.53. The average Bonchev–Trinajstić information content (AvgIpc) is 3.44. The molecule has 10 nitrogen and oxygen atoms in total. The number of rotatable bonds is 6. The fourth-order valence-corrected chi connectivity index (χ4v) is 4.60. The molecule has 2 atom stereocenters. The molecule has 0 aliphatic carbocycles. The summed E-state index contributed by atoms with van der Waals surface area (Å²) >= 11 is 0. The molecule has 186 valence electrons. The molecule has 3 aromatic rings. The second-order valence-electron chi connectivity index (χ2n) is 8.53. The summed E-state index contributed by atoms with van der Waals surface area (Å²) in [7, 11) is 4.14. The van der Waals surface area contributed by atoms with Crippen molar-refractivity contribution < 1.29 is 23.5 Å². The molecule has 1 fully saturated rings. The van der Waals surface area contributed by atoms with E-state index in [1.807, 2.05) is 6.92 Å². The minimum Gasteiger partial charge on any atom is -0.485 e. The van der Waals surface area contributed by atoms with Gasteiger partial charge in [0.15, 0.2) is 11.6 Å². The van der Waals surface area contributed by atoms with E-state index in [-0.39, 0.29) is 29.8 Å². The lowest BCUT2D eigenvalue weighted by Crippen LogP contribution is -2.42. The zero-order valence-corrected chi connectivity index (χ0v) is 20.0. The Bertz CT molecular complexity index is 1420. The number of hydrogen-bond donors (Lipinski definition) is 0. The first-order valence-corrected chi connectivity index (χ1v) is 11.3. The Kier molecular flexibility index (Phi) is 6.51. The van der Waals surface area contributed by atoms with Crippen LogP contribution in [0, 0.1) is 5.82 Å². The number of para-hydroxylation sites is 1. The second kappa shape index (κ2) is 9.40. The number of benzene rings is 1. The Balaban J connectivity index is 1.77. The number of halogens is 1. The number of aryl methyl sites for hydroxylation is 2. The van der Waals surface area contributed by atoms with Crippen molar-refractivity contribution in [3.63, 3.8) is 0 Å². The van der Waals surface area contributed by atoms with E-state index in [9.17, 15) is 23.6 Å². The average molecular weight is 487 g/mol. The number of carbonyl (C=O) groups is 2. The van der Waals surface area contributed by atoms with Gasteiger partial charge in [0.05, 0.1) is 19.0 Å². The number of ether oxygens (including phenoxy) is 2. The van der Waals surface area contributed by atoms with Crippen LogP contribution in [0.4, 0.5) is 4.39 Å². The summed E-state index contributed by atoms with van der Waals surface area (Å²) in [6.07, 6.45) is 0.0923. The lowest BCUT2D eigenvalue weighted by molar-refractivity contribution is -0.145. The van der Waals surface area contributed by atoms with Crippen molar-refractivity contribution in [1.82, 2.24) is 18.6 Å². The minimum absolute atomic E-state index is 0.0114. The summed E-state index contributed by atoms with van der Waals surface area (Å²) in [5, 5.41) is 0.222. The van der Waals surface area contributed by atoms with Gasteiger partial charge < -0.3 is 18.9 Å². The maximum Gasteiger partial charge on any atom is 0.332 e. The molecule has 0 spiro atoms. The number of methoxy groups -OCH3 is 1. The Hall–Kier alpha value is -3.89. The van der Waals surface area contributed by atoms with E-state index in [2.05, 4.69) is 0 Å². The van der Waals surface area contributed by atoms with E-state index in [0.29, 0.717) is 18.6 Å². The molecule has 2 aromatic heterocycles. The predicted octanol–water partition coefficient (Wildman–Crippen LogP) is 1.42. The van der Waals surface area contributed by atoms with Crippen LogP contribution in [0.3, 0.4) is 0 Å². The molecule has 4 rings (SSSR count). The highest BCUT2D eigenvalue weighted by Crippen LogP contribution is 2.28. The van der Waals surface area contributed by atoms with E-state index < -0.39 is 41.1 Å². The summed E-state index contributed by atoms with van der Waals surface area (Å²) in [6.45, 7) is 2.29. The number of aromatic nitrogens is 3. The molecule has 1 saturated heterocycles. The fourth-order valence-electron chi connectivity index (χ4n) is 4.60. The SMILES string of the molecule is CCCn1c(C(=O)N2CC(Oc3ccccc3F)CC2C(=O)OC)cc2c(=O)n(C)c(=O)n(C)c21. The van der Waals surface area contributed by atoms with E-state index in [1.54, 1.807) is 10.6 Å². The van der Waals surface area contributed by atoms with Gasteiger partial charge in [0.25, 0.3) is 11.5 Å². The first-order valence-electron chi connectivity index (χ1n) is 11.3. The van der Waals surface area contributed by atoms with Gasteiger partial charge in [-0.1, -0.05) is 19.1 Å². The van der Waals surface area contributed by atoms with Gasteiger partial charge in [-0.15, -0.1) is 0 Å². The Labute approximate surface area is 200 Å². The molecule has 0 bridgehead atoms. The van der Waals surface area contributed by atoms with Crippen molar-refractivity contribution in [3.05, 3.63) is 62.7 Å². The summed E-state index contributed by atoms with van der Waals surface area (Å²) in [6, 6.07) is 6.40. The first kappa shape index (κ1) is 24.2. The van der Waals surface area contributed by atoms with Crippen LogP contribution >= 0.6 is 0 Å². The third-order valence-corrected chi connectivity index (χ3v) is 6.29. The number of fused-ring (bicyclic) bond motifs is 1. The normalized spacial score (nSPS) is 17.7. The zero-order valence-electron chi connectivity index (χ0n) is 20.0. The Morgan fingerprint density at radius 3 is 2.51 bits per heavy atom. The lowest BCUT2D eigenvalue weighted by atomic mass is 10.2. The largest absolute Gasteiger partial charge is 0.485 e. The molecule has 0 N–H and O–H groups in total. The molecule has 1 amide bonds. The number of carbonyl (C=O) groups excluding carboxylic acids is 2. The molecule has 0 radical (unpaired) electrons. The van der Waals surface area contributed by atoms with Crippen LogP contribution in [0.1, 0.15) is 30.3 Å². The van der Waals surface area contributed by atoms with E-state index >= 15 is 0 Å². The van der Waals surface area contributed by atoms with Gasteiger partial charge in [0.2, 0.25) is 0 Å². The first-order chi connectivity index (χ1) is 16.7. The molecule has 1 aliphatic rings. The van der Waals surface area contributed by atoms with Crippen LogP contribution in [0.25, 0.3) is 11.0 Å². The Morgan fingerprint density at radius 1 is 1.14 bits per heavy atom. The van der Waals surface area contributed by atoms with Crippen molar-refractivity contribution in [2.45, 2.75) is 38.5 Å². The highest BCUT2D eigenvalue weighted by atomic mass is 19.1. The van der Waals surface area contributed by atoms with Gasteiger partial charge >= 0.3 is 11.7 Å². The monoisotopic (exact) mass is 486 g/mol. The van der Waals surface area contributed by atoms with Gasteiger partial charge in [0, 0.05) is 27.1 Å². The molecule has 11 heteroatoms. The highest BCUT2D eigenvalue weighted by molar-refractivity contribution is 6.00. The van der Waals surface area contributed by atoms with Gasteiger partial charge in [0.1, 0.15) is 23.5 Å². The number of amides is 1. The van der Waals surface area contributed by atoms with Crippen molar-refractivity contribution in [1.29, 1.82) is 0 Å². The van der Waals surface area contributed by atoms with Crippen molar-refractivity contribution in [2.75, 3.05) is 13.7 Å². The van der Waals surface area contributed by atoms with Crippen molar-refractivity contribution in [3.8, 4) is 5.75 Å². The number of hydrogen-bond acceptors (Lipinski definition) is 6. The van der Waals surface area contributed by atoms with Crippen LogP contribution in [-0.2, 0) is 30.2 Å². The van der Waals surface area contributed by atoms with Gasteiger partial charge in [-0.3, -0.25) is 18.7 Å². The van der Waals surface area contributed by atoms with Crippen LogP contribution in [0.5, 0.6) is 5.75 Å². The van der Waals surface area contributed by atoms with Gasteiger partial charge in [-0.2, -0.15) is 0 Å². The summed E-state index contributed by atoms with van der Waals surface area (Å²) in [5.74, 6) is -1.67. The van der Waals surface area contributed by atoms with Crippen LogP contribution in [0.15, 0.2) is 39.9 Å². The topological polar surface area (TPSA) is 105 Å². The molecule has 2 unspecified atom stereocenters. The van der Waals surface area contributed by atoms with E-state index in [4.69, 9.17) is 9.47 Å². The van der Waals surface area contributed by atoms with E-state index in [1.165, 1.54) is 54.9 Å². The van der Waals surface area contributed by atoms with E-state index in [0.717, 1.165) is 4.57 Å². The Morgan fingerprint density at radius 2 is 1.86 bits per heavy atom. The number of esters is 1. The summed E-state index contributed by atoms with van der Waals surface area (Å²) in [4.78, 5) is 53.0. The summed E-state index contributed by atoms with van der Waals surface area (Å²) in [5.41, 5.74) is -0.528. The van der Waals surface area contributed by atoms with Crippen molar-refractivity contribution in [2.24, 2.45) is 14.1 Å². The highest BCUT2D eigenvalue weighted by Gasteiger charge is 2.43. The smallest absolute Gasteiger partial charge is 0.332 e. The maximum absolute atomic E-state index is 14.1. The molecule has 35 heavy (non-hydrogen) atoms. The molecular weight excluding hydrogens is 459 g/mol. The van der Waals surface area contributed by atoms with Crippen LogP contribution in [-0.4, -0.2) is 56.3 Å². The van der Waals surface area contributed by atoms with Crippen LogP contribution in [0.2, 0.25) is 0 Å². The molecule has 3 heterocycles. The molecular formula is C24H27FN4O6. The minimum atomic E-state index is -0.955. The number of nitrogens with zero attached hydrogens (tertiary/aromatic N) is 4. The third-order valence-electron chi connectivity index (χ3n) is 6.29. The number of likely N-dealkylation sites (tertiary alicyclic amines) is 1.